The average Bonchev–Trinajstić information content (AvgIpc) is 2.34. The molecule has 1 aliphatic rings. The summed E-state index contributed by atoms with van der Waals surface area (Å²) in [4.78, 5) is 11.3. The Kier molecular flexibility index (Phi) is 4.14. The van der Waals surface area contributed by atoms with Gasteiger partial charge in [0.05, 0.1) is 16.3 Å². The zero-order valence-corrected chi connectivity index (χ0v) is 12.6. The Balaban J connectivity index is 2.19. The van der Waals surface area contributed by atoms with E-state index < -0.39 is 5.97 Å². The van der Waals surface area contributed by atoms with Gasteiger partial charge in [0.1, 0.15) is 0 Å². The first-order valence-corrected chi connectivity index (χ1v) is 7.25. The number of carboxylic acids is 1. The molecule has 0 saturated heterocycles. The van der Waals surface area contributed by atoms with Crippen molar-refractivity contribution in [2.24, 2.45) is 5.41 Å². The topological polar surface area (TPSA) is 75.3 Å². The van der Waals surface area contributed by atoms with Gasteiger partial charge >= 0.3 is 5.97 Å². The first kappa shape index (κ1) is 15.0. The third-order valence-electron chi connectivity index (χ3n) is 4.03. The molecule has 0 amide bonds. The molecule has 4 N–H and O–H groups in total. The predicted octanol–water partition coefficient (Wildman–Crippen LogP) is 4.00. The highest BCUT2D eigenvalue weighted by Crippen LogP contribution is 2.38. The first-order valence-electron chi connectivity index (χ1n) is 6.87. The van der Waals surface area contributed by atoms with E-state index in [-0.39, 0.29) is 11.6 Å². The third kappa shape index (κ3) is 3.37. The summed E-state index contributed by atoms with van der Waals surface area (Å²) in [6.07, 6.45) is 4.29. The van der Waals surface area contributed by atoms with Gasteiger partial charge in [-0.1, -0.05) is 25.4 Å². The molecule has 20 heavy (non-hydrogen) atoms. The number of nitrogen functional groups attached to an aromatic ring is 1. The van der Waals surface area contributed by atoms with Crippen molar-refractivity contribution >= 4 is 28.9 Å². The molecule has 0 radical (unpaired) electrons. The Bertz CT molecular complexity index is 519. The van der Waals surface area contributed by atoms with Crippen LogP contribution in [0.25, 0.3) is 0 Å². The number of hydrogen-bond acceptors (Lipinski definition) is 3. The lowest BCUT2D eigenvalue weighted by Crippen LogP contribution is -2.30. The standard InChI is InChI=1S/C15H21ClN2O2/c1-15(2)5-3-10(4-6-15)18-13-11(14(19)20)7-9(17)8-12(13)16/h7-8,10,18H,3-6,17H2,1-2H3,(H,19,20). The molecule has 5 heteroatoms. The van der Waals surface area contributed by atoms with Gasteiger partial charge in [-0.05, 0) is 43.2 Å². The summed E-state index contributed by atoms with van der Waals surface area (Å²) in [5.41, 5.74) is 7.02. The maximum absolute atomic E-state index is 11.3. The van der Waals surface area contributed by atoms with Crippen LogP contribution < -0.4 is 11.1 Å². The van der Waals surface area contributed by atoms with Crippen molar-refractivity contribution in [1.82, 2.24) is 0 Å². The minimum atomic E-state index is -1.02. The second-order valence-corrected chi connectivity index (χ2v) is 6.72. The van der Waals surface area contributed by atoms with Gasteiger partial charge < -0.3 is 16.2 Å². The van der Waals surface area contributed by atoms with Crippen LogP contribution >= 0.6 is 11.6 Å². The molecule has 4 nitrogen and oxygen atoms in total. The van der Waals surface area contributed by atoms with Crippen LogP contribution in [0.1, 0.15) is 49.9 Å². The van der Waals surface area contributed by atoms with E-state index in [1.807, 2.05) is 0 Å². The van der Waals surface area contributed by atoms with E-state index in [9.17, 15) is 9.90 Å². The zero-order chi connectivity index (χ0) is 14.9. The van der Waals surface area contributed by atoms with Gasteiger partial charge in [-0.3, -0.25) is 0 Å². The molecular formula is C15H21ClN2O2. The van der Waals surface area contributed by atoms with Gasteiger partial charge in [0.15, 0.2) is 0 Å². The van der Waals surface area contributed by atoms with Crippen LogP contribution in [-0.2, 0) is 0 Å². The molecule has 1 saturated carbocycles. The van der Waals surface area contributed by atoms with E-state index in [4.69, 9.17) is 17.3 Å². The maximum atomic E-state index is 11.3. The Hall–Kier alpha value is -1.42. The fourth-order valence-corrected chi connectivity index (χ4v) is 2.97. The molecule has 0 bridgehead atoms. The highest BCUT2D eigenvalue weighted by atomic mass is 35.5. The van der Waals surface area contributed by atoms with Crippen molar-refractivity contribution in [2.75, 3.05) is 11.1 Å². The first-order chi connectivity index (χ1) is 9.28. The lowest BCUT2D eigenvalue weighted by Gasteiger charge is -2.35. The number of nitrogens with one attached hydrogen (secondary N) is 1. The molecule has 0 aromatic heterocycles. The number of nitrogens with two attached hydrogens (primary N) is 1. The zero-order valence-electron chi connectivity index (χ0n) is 11.9. The third-order valence-corrected chi connectivity index (χ3v) is 4.33. The molecule has 0 spiro atoms. The molecule has 0 atom stereocenters. The molecule has 1 aromatic rings. The molecular weight excluding hydrogens is 276 g/mol. The Morgan fingerprint density at radius 3 is 2.55 bits per heavy atom. The quantitative estimate of drug-likeness (QED) is 0.737. The normalized spacial score (nSPS) is 18.8. The predicted molar refractivity (Wildman–Crippen MR) is 82.5 cm³/mol. The van der Waals surface area contributed by atoms with E-state index in [0.29, 0.717) is 21.8 Å². The van der Waals surface area contributed by atoms with Crippen LogP contribution in [0.3, 0.4) is 0 Å². The summed E-state index contributed by atoms with van der Waals surface area (Å²) in [5, 5.41) is 12.9. The molecule has 110 valence electrons. The van der Waals surface area contributed by atoms with Crippen molar-refractivity contribution in [1.29, 1.82) is 0 Å². The van der Waals surface area contributed by atoms with Gasteiger partial charge in [-0.25, -0.2) is 4.79 Å². The van der Waals surface area contributed by atoms with Crippen molar-refractivity contribution in [3.8, 4) is 0 Å². The smallest absolute Gasteiger partial charge is 0.337 e. The fraction of sp³-hybridized carbons (Fsp3) is 0.533. The highest BCUT2D eigenvalue weighted by molar-refractivity contribution is 6.34. The molecule has 0 heterocycles. The average molecular weight is 297 g/mol. The van der Waals surface area contributed by atoms with Crippen LogP contribution in [0.5, 0.6) is 0 Å². The van der Waals surface area contributed by atoms with Gasteiger partial charge in [0.25, 0.3) is 0 Å². The van der Waals surface area contributed by atoms with Gasteiger partial charge in [0, 0.05) is 11.7 Å². The lowest BCUT2D eigenvalue weighted by molar-refractivity contribution is 0.0698. The van der Waals surface area contributed by atoms with Crippen LogP contribution in [0.15, 0.2) is 12.1 Å². The van der Waals surface area contributed by atoms with E-state index in [0.717, 1.165) is 25.7 Å². The Morgan fingerprint density at radius 1 is 1.40 bits per heavy atom. The number of hydrogen-bond donors (Lipinski definition) is 3. The van der Waals surface area contributed by atoms with Crippen molar-refractivity contribution < 1.29 is 9.90 Å². The highest BCUT2D eigenvalue weighted by Gasteiger charge is 2.28. The molecule has 0 unspecified atom stereocenters. The summed E-state index contributed by atoms with van der Waals surface area (Å²) >= 11 is 6.15. The van der Waals surface area contributed by atoms with Gasteiger partial charge in [0.2, 0.25) is 0 Å². The second kappa shape index (κ2) is 5.52. The summed E-state index contributed by atoms with van der Waals surface area (Å²) in [6, 6.07) is 3.30. The maximum Gasteiger partial charge on any atom is 0.337 e. The van der Waals surface area contributed by atoms with Gasteiger partial charge in [-0.15, -0.1) is 0 Å². The minimum Gasteiger partial charge on any atom is -0.478 e. The van der Waals surface area contributed by atoms with Crippen molar-refractivity contribution in [2.45, 2.75) is 45.6 Å². The number of halogens is 1. The minimum absolute atomic E-state index is 0.139. The van der Waals surface area contributed by atoms with Crippen LogP contribution in [0, 0.1) is 5.41 Å². The summed E-state index contributed by atoms with van der Waals surface area (Å²) in [7, 11) is 0. The molecule has 1 fully saturated rings. The Labute approximate surface area is 124 Å². The number of anilines is 2. The Morgan fingerprint density at radius 2 is 2.00 bits per heavy atom. The van der Waals surface area contributed by atoms with Crippen LogP contribution in [0.2, 0.25) is 5.02 Å². The summed E-state index contributed by atoms with van der Waals surface area (Å²) in [6.45, 7) is 4.53. The van der Waals surface area contributed by atoms with E-state index in [2.05, 4.69) is 19.2 Å². The molecule has 0 aliphatic heterocycles. The molecule has 1 aliphatic carbocycles. The van der Waals surface area contributed by atoms with E-state index in [1.165, 1.54) is 6.07 Å². The van der Waals surface area contributed by atoms with Crippen LogP contribution in [0.4, 0.5) is 11.4 Å². The molecule has 2 rings (SSSR count). The largest absolute Gasteiger partial charge is 0.478 e. The van der Waals surface area contributed by atoms with Crippen molar-refractivity contribution in [3.63, 3.8) is 0 Å². The number of rotatable bonds is 3. The lowest BCUT2D eigenvalue weighted by atomic mass is 9.75. The SMILES string of the molecule is CC1(C)CCC(Nc2c(Cl)cc(N)cc2C(=O)O)CC1. The fourth-order valence-electron chi connectivity index (χ4n) is 2.69. The van der Waals surface area contributed by atoms with Crippen LogP contribution in [-0.4, -0.2) is 17.1 Å². The number of carbonyl (C=O) groups is 1. The number of carboxylic acid groups (broad SMARTS) is 1. The number of benzene rings is 1. The van der Waals surface area contributed by atoms with Gasteiger partial charge in [-0.2, -0.15) is 0 Å². The molecule has 1 aromatic carbocycles. The summed E-state index contributed by atoms with van der Waals surface area (Å²) < 4.78 is 0. The second-order valence-electron chi connectivity index (χ2n) is 6.31. The van der Waals surface area contributed by atoms with E-state index >= 15 is 0 Å². The summed E-state index contributed by atoms with van der Waals surface area (Å²) in [5.74, 6) is -1.02. The van der Waals surface area contributed by atoms with E-state index in [1.54, 1.807) is 6.07 Å². The number of aromatic carboxylic acids is 1. The monoisotopic (exact) mass is 296 g/mol. The van der Waals surface area contributed by atoms with Crippen molar-refractivity contribution in [3.05, 3.63) is 22.7 Å².